The Hall–Kier alpha value is -2.63. The summed E-state index contributed by atoms with van der Waals surface area (Å²) in [6, 6.07) is 8.83. The molecule has 110 valence electrons. The van der Waals surface area contributed by atoms with Crippen LogP contribution in [0.2, 0.25) is 0 Å². The van der Waals surface area contributed by atoms with Gasteiger partial charge in [0.05, 0.1) is 31.6 Å². The van der Waals surface area contributed by atoms with Gasteiger partial charge in [-0.05, 0) is 12.5 Å². The summed E-state index contributed by atoms with van der Waals surface area (Å²) in [5.74, 6) is -1.21. The number of methoxy groups -OCH3 is 1. The van der Waals surface area contributed by atoms with Crippen molar-refractivity contribution in [1.29, 1.82) is 0 Å². The minimum atomic E-state index is -0.510. The Morgan fingerprint density at radius 3 is 2.57 bits per heavy atom. The zero-order valence-electron chi connectivity index (χ0n) is 11.9. The Bertz CT molecular complexity index is 596. The fourth-order valence-corrected chi connectivity index (χ4v) is 2.08. The fraction of sp³-hybridized carbons (Fsp3) is 0.267. The van der Waals surface area contributed by atoms with Crippen LogP contribution < -0.4 is 5.32 Å². The van der Waals surface area contributed by atoms with E-state index in [1.54, 1.807) is 6.92 Å². The van der Waals surface area contributed by atoms with Crippen LogP contribution in [0.3, 0.4) is 0 Å². The number of nitrogens with one attached hydrogen (secondary N) is 2. The number of amides is 1. The predicted molar refractivity (Wildman–Crippen MR) is 76.4 cm³/mol. The van der Waals surface area contributed by atoms with E-state index >= 15 is 0 Å². The Morgan fingerprint density at radius 1 is 1.29 bits per heavy atom. The van der Waals surface area contributed by atoms with Crippen LogP contribution in [0.5, 0.6) is 0 Å². The third-order valence-electron chi connectivity index (χ3n) is 3.26. The number of hydrogen-bond acceptors (Lipinski definition) is 4. The number of aromatic amines is 1. The molecule has 1 aromatic heterocycles. The van der Waals surface area contributed by atoms with Gasteiger partial charge in [-0.1, -0.05) is 30.3 Å². The molecule has 0 saturated carbocycles. The summed E-state index contributed by atoms with van der Waals surface area (Å²) < 4.78 is 4.78. The van der Waals surface area contributed by atoms with E-state index in [0.29, 0.717) is 5.69 Å². The molecule has 0 saturated heterocycles. The van der Waals surface area contributed by atoms with Crippen molar-refractivity contribution >= 4 is 11.9 Å². The quantitative estimate of drug-likeness (QED) is 0.820. The van der Waals surface area contributed by atoms with E-state index in [1.165, 1.54) is 19.6 Å². The van der Waals surface area contributed by atoms with Gasteiger partial charge in [0.1, 0.15) is 5.69 Å². The Labute approximate surface area is 122 Å². The molecule has 6 heteroatoms. The van der Waals surface area contributed by atoms with Crippen molar-refractivity contribution in [1.82, 2.24) is 15.3 Å². The van der Waals surface area contributed by atoms with Crippen LogP contribution >= 0.6 is 0 Å². The first-order chi connectivity index (χ1) is 10.1. The Balaban J connectivity index is 2.24. The van der Waals surface area contributed by atoms with E-state index in [4.69, 9.17) is 4.74 Å². The van der Waals surface area contributed by atoms with E-state index in [2.05, 4.69) is 15.3 Å². The number of imidazole rings is 1. The van der Waals surface area contributed by atoms with Crippen LogP contribution in [-0.4, -0.2) is 29.0 Å². The van der Waals surface area contributed by atoms with Gasteiger partial charge in [0.15, 0.2) is 0 Å². The molecule has 2 N–H and O–H groups in total. The number of carbonyl (C=O) groups is 2. The highest BCUT2D eigenvalue weighted by Crippen LogP contribution is 2.23. The van der Waals surface area contributed by atoms with Gasteiger partial charge < -0.3 is 15.0 Å². The standard InChI is InChI=1S/C15H17N3O3/c1-10(15(20)21-2)13(11-6-4-3-5-7-11)18-14(19)12-8-16-9-17-12/h3-10,13H,1-2H3,(H,16,17)(H,18,19)/t10-,13-/m1/s1. The van der Waals surface area contributed by atoms with Crippen molar-refractivity contribution in [2.75, 3.05) is 7.11 Å². The van der Waals surface area contributed by atoms with Gasteiger partial charge in [-0.15, -0.1) is 0 Å². The average Bonchev–Trinajstić information content (AvgIpc) is 3.06. The number of nitrogens with zero attached hydrogens (tertiary/aromatic N) is 1. The molecule has 2 atom stereocenters. The SMILES string of the molecule is COC(=O)[C@H](C)[C@@H](NC(=O)c1cnc[nH]1)c1ccccc1. The van der Waals surface area contributed by atoms with E-state index in [-0.39, 0.29) is 11.9 Å². The second-order valence-corrected chi connectivity index (χ2v) is 4.64. The minimum Gasteiger partial charge on any atom is -0.469 e. The molecule has 0 bridgehead atoms. The van der Waals surface area contributed by atoms with Gasteiger partial charge in [0, 0.05) is 0 Å². The summed E-state index contributed by atoms with van der Waals surface area (Å²) in [7, 11) is 1.33. The predicted octanol–water partition coefficient (Wildman–Crippen LogP) is 1.69. The number of ether oxygens (including phenoxy) is 1. The number of H-pyrrole nitrogens is 1. The number of carbonyl (C=O) groups excluding carboxylic acids is 2. The fourth-order valence-electron chi connectivity index (χ4n) is 2.08. The van der Waals surface area contributed by atoms with E-state index in [0.717, 1.165) is 5.56 Å². The zero-order valence-corrected chi connectivity index (χ0v) is 11.9. The summed E-state index contributed by atoms with van der Waals surface area (Å²) >= 11 is 0. The van der Waals surface area contributed by atoms with Gasteiger partial charge in [-0.25, -0.2) is 4.98 Å². The van der Waals surface area contributed by atoms with Crippen molar-refractivity contribution in [3.05, 3.63) is 54.1 Å². The lowest BCUT2D eigenvalue weighted by molar-refractivity contribution is -0.145. The van der Waals surface area contributed by atoms with Gasteiger partial charge in [-0.3, -0.25) is 9.59 Å². The van der Waals surface area contributed by atoms with Gasteiger partial charge >= 0.3 is 5.97 Å². The van der Waals surface area contributed by atoms with E-state index in [1.807, 2.05) is 30.3 Å². The number of aromatic nitrogens is 2. The monoisotopic (exact) mass is 287 g/mol. The van der Waals surface area contributed by atoms with Crippen molar-refractivity contribution in [3.8, 4) is 0 Å². The lowest BCUT2D eigenvalue weighted by Crippen LogP contribution is -2.36. The first-order valence-electron chi connectivity index (χ1n) is 6.55. The van der Waals surface area contributed by atoms with Gasteiger partial charge in [0.2, 0.25) is 0 Å². The molecule has 2 aromatic rings. The summed E-state index contributed by atoms with van der Waals surface area (Å²) in [6.07, 6.45) is 2.86. The van der Waals surface area contributed by atoms with Gasteiger partial charge in [-0.2, -0.15) is 0 Å². The summed E-state index contributed by atoms with van der Waals surface area (Å²) in [5, 5.41) is 2.84. The zero-order chi connectivity index (χ0) is 15.2. The number of hydrogen-bond donors (Lipinski definition) is 2. The molecule has 1 heterocycles. The Kier molecular flexibility index (Phi) is 4.71. The van der Waals surface area contributed by atoms with Crippen molar-refractivity contribution < 1.29 is 14.3 Å². The molecule has 2 rings (SSSR count). The third kappa shape index (κ3) is 3.47. The summed E-state index contributed by atoms with van der Waals surface area (Å²) in [4.78, 5) is 30.5. The van der Waals surface area contributed by atoms with Crippen LogP contribution in [0.25, 0.3) is 0 Å². The molecular weight excluding hydrogens is 270 g/mol. The van der Waals surface area contributed by atoms with Crippen LogP contribution in [-0.2, 0) is 9.53 Å². The second kappa shape index (κ2) is 6.69. The molecule has 6 nitrogen and oxygen atoms in total. The molecule has 0 spiro atoms. The summed E-state index contributed by atoms with van der Waals surface area (Å²) in [5.41, 5.74) is 1.18. The molecule has 0 aliphatic carbocycles. The third-order valence-corrected chi connectivity index (χ3v) is 3.26. The second-order valence-electron chi connectivity index (χ2n) is 4.64. The molecule has 0 aliphatic heterocycles. The maximum atomic E-state index is 12.2. The van der Waals surface area contributed by atoms with E-state index < -0.39 is 12.0 Å². The highest BCUT2D eigenvalue weighted by molar-refractivity contribution is 5.92. The maximum Gasteiger partial charge on any atom is 0.310 e. The summed E-state index contributed by atoms with van der Waals surface area (Å²) in [6.45, 7) is 1.72. The highest BCUT2D eigenvalue weighted by Gasteiger charge is 2.28. The molecule has 1 amide bonds. The topological polar surface area (TPSA) is 84.1 Å². The van der Waals surface area contributed by atoms with Crippen molar-refractivity contribution in [2.45, 2.75) is 13.0 Å². The minimum absolute atomic E-state index is 0.322. The van der Waals surface area contributed by atoms with Gasteiger partial charge in [0.25, 0.3) is 5.91 Å². The largest absolute Gasteiger partial charge is 0.469 e. The normalized spacial score (nSPS) is 13.2. The Morgan fingerprint density at radius 2 is 2.00 bits per heavy atom. The van der Waals surface area contributed by atoms with Crippen LogP contribution in [0.4, 0.5) is 0 Å². The smallest absolute Gasteiger partial charge is 0.310 e. The first-order valence-corrected chi connectivity index (χ1v) is 6.55. The number of benzene rings is 1. The molecular formula is C15H17N3O3. The molecule has 0 aliphatic rings. The molecule has 21 heavy (non-hydrogen) atoms. The van der Waals surface area contributed by atoms with Crippen molar-refractivity contribution in [2.24, 2.45) is 5.92 Å². The molecule has 0 unspecified atom stereocenters. The van der Waals surface area contributed by atoms with Crippen LogP contribution in [0.15, 0.2) is 42.9 Å². The van der Waals surface area contributed by atoms with Crippen LogP contribution in [0.1, 0.15) is 29.0 Å². The maximum absolute atomic E-state index is 12.2. The molecule has 1 aromatic carbocycles. The number of rotatable bonds is 5. The molecule has 0 radical (unpaired) electrons. The highest BCUT2D eigenvalue weighted by atomic mass is 16.5. The van der Waals surface area contributed by atoms with E-state index in [9.17, 15) is 9.59 Å². The first kappa shape index (κ1) is 14.8. The lowest BCUT2D eigenvalue weighted by Gasteiger charge is -2.23. The lowest BCUT2D eigenvalue weighted by atomic mass is 9.94. The number of esters is 1. The van der Waals surface area contributed by atoms with Crippen LogP contribution in [0, 0.1) is 5.92 Å². The molecule has 0 fully saturated rings. The average molecular weight is 287 g/mol. The van der Waals surface area contributed by atoms with Crippen molar-refractivity contribution in [3.63, 3.8) is 0 Å².